The van der Waals surface area contributed by atoms with Crippen molar-refractivity contribution in [2.24, 2.45) is 5.92 Å². The summed E-state index contributed by atoms with van der Waals surface area (Å²) >= 11 is 0. The zero-order valence-electron chi connectivity index (χ0n) is 40.3. The first kappa shape index (κ1) is 47.7. The van der Waals surface area contributed by atoms with E-state index >= 15 is 0 Å². The summed E-state index contributed by atoms with van der Waals surface area (Å²) < 4.78 is 2.44. The largest absolute Gasteiger partial charge is 3.00 e. The molecule has 1 saturated carbocycles. The van der Waals surface area contributed by atoms with Crippen molar-refractivity contribution in [2.45, 2.75) is 137 Å². The standard InChI is InChI=1S/C37H43N3Si.C20H26NSi.Ir/c1-9-39-34-19-17-26(21-30(34)31-22-27(41(6,7)8)18-20-35(31)39)37-38-33-15-10-11-16-36(33)40(37)23-32-28(24(2)3)13-12-14-29(32)25(4)5;1-22(2,3)20-15-21-19(17-11-5-4-6-12-17)14-18(20)13-16-9-7-8-10-16;/h10-16,18-22,24-25,37H,9,23H2,1-8H3;4-6,11,14-16H,7-10,13H2,1-3H3;/q-2;-1;+3. The number of pyridine rings is 1. The molecule has 1 fully saturated rings. The molecule has 1 unspecified atom stereocenters. The van der Waals surface area contributed by atoms with Gasteiger partial charge in [-0.15, -0.1) is 47.0 Å². The number of aryl methyl sites for hydroxylation is 1. The molecular formula is C57H69IrN4Si2. The fraction of sp³-hybridized carbons (Fsp3) is 0.386. The number of rotatable bonds is 11. The second-order valence-electron chi connectivity index (χ2n) is 20.9. The molecule has 0 saturated heterocycles. The van der Waals surface area contributed by atoms with E-state index in [-0.39, 0.29) is 26.3 Å². The number of nitrogens with zero attached hydrogens (tertiary/aromatic N) is 4. The Hall–Kier alpha value is -4.27. The van der Waals surface area contributed by atoms with Crippen molar-refractivity contribution in [1.29, 1.82) is 0 Å². The summed E-state index contributed by atoms with van der Waals surface area (Å²) in [4.78, 5) is 7.26. The van der Waals surface area contributed by atoms with E-state index in [2.05, 4.69) is 193 Å². The number of hydrogen-bond acceptors (Lipinski definition) is 2. The Bertz CT molecular complexity index is 2670. The van der Waals surface area contributed by atoms with Gasteiger partial charge in [0.1, 0.15) is 0 Å². The van der Waals surface area contributed by atoms with E-state index in [0.29, 0.717) is 11.8 Å². The van der Waals surface area contributed by atoms with Crippen LogP contribution in [0.5, 0.6) is 0 Å². The molecule has 5 aromatic carbocycles. The number of para-hydroxylation sites is 2. The Morgan fingerprint density at radius 1 is 0.750 bits per heavy atom. The Kier molecular flexibility index (Phi) is 14.7. The summed E-state index contributed by atoms with van der Waals surface area (Å²) in [6, 6.07) is 44.8. The maximum Gasteiger partial charge on any atom is 3.00 e. The molecule has 7 aromatic rings. The summed E-state index contributed by atoms with van der Waals surface area (Å²) in [7, 11) is -2.80. The maximum absolute atomic E-state index is 5.31. The van der Waals surface area contributed by atoms with Gasteiger partial charge >= 0.3 is 20.1 Å². The zero-order valence-corrected chi connectivity index (χ0v) is 44.7. The third-order valence-corrected chi connectivity index (χ3v) is 17.7. The van der Waals surface area contributed by atoms with Gasteiger partial charge in [0.15, 0.2) is 0 Å². The van der Waals surface area contributed by atoms with E-state index in [1.807, 2.05) is 12.1 Å². The Morgan fingerprint density at radius 2 is 1.44 bits per heavy atom. The fourth-order valence-electron chi connectivity index (χ4n) is 10.2. The van der Waals surface area contributed by atoms with Crippen LogP contribution in [0.15, 0.2) is 109 Å². The molecule has 0 spiro atoms. The van der Waals surface area contributed by atoms with Gasteiger partial charge in [-0.3, -0.25) is 0 Å². The smallest absolute Gasteiger partial charge is 0.661 e. The van der Waals surface area contributed by atoms with Crippen molar-refractivity contribution in [2.75, 3.05) is 4.90 Å². The minimum atomic E-state index is -1.45. The van der Waals surface area contributed by atoms with E-state index in [1.54, 1.807) is 10.8 Å². The second-order valence-corrected chi connectivity index (χ2v) is 31.0. The van der Waals surface area contributed by atoms with Crippen LogP contribution in [0.2, 0.25) is 39.3 Å². The molecule has 0 radical (unpaired) electrons. The van der Waals surface area contributed by atoms with Gasteiger partial charge in [0.2, 0.25) is 0 Å². The van der Waals surface area contributed by atoms with Crippen LogP contribution in [0.4, 0.5) is 11.4 Å². The Labute approximate surface area is 400 Å². The van der Waals surface area contributed by atoms with Crippen LogP contribution in [-0.4, -0.2) is 25.7 Å². The zero-order chi connectivity index (χ0) is 44.6. The summed E-state index contributed by atoms with van der Waals surface area (Å²) in [5.74, 6) is 1.80. The predicted octanol–water partition coefficient (Wildman–Crippen LogP) is 15.0. The van der Waals surface area contributed by atoms with Crippen LogP contribution in [0.25, 0.3) is 38.4 Å². The molecule has 1 atom stereocenters. The van der Waals surface area contributed by atoms with Crippen molar-refractivity contribution in [3.63, 3.8) is 0 Å². The van der Waals surface area contributed by atoms with Crippen LogP contribution in [0.3, 0.4) is 0 Å². The van der Waals surface area contributed by atoms with Crippen LogP contribution in [0, 0.1) is 18.1 Å². The molecule has 2 aliphatic rings. The molecule has 4 nitrogen and oxygen atoms in total. The molecule has 2 aromatic heterocycles. The Morgan fingerprint density at radius 3 is 2.08 bits per heavy atom. The summed E-state index contributed by atoms with van der Waals surface area (Å²) in [5.41, 5.74) is 14.0. The van der Waals surface area contributed by atoms with Crippen LogP contribution in [-0.2, 0) is 39.6 Å². The van der Waals surface area contributed by atoms with Crippen LogP contribution < -0.4 is 15.3 Å². The van der Waals surface area contributed by atoms with Gasteiger partial charge in [0.05, 0.1) is 16.1 Å². The molecule has 0 N–H and O–H groups in total. The monoisotopic (exact) mass is 1060 g/mol. The average Bonchev–Trinajstić information content (AvgIpc) is 3.99. The molecule has 9 rings (SSSR count). The van der Waals surface area contributed by atoms with Gasteiger partial charge in [-0.05, 0) is 82.4 Å². The molecule has 7 heteroatoms. The molecule has 334 valence electrons. The van der Waals surface area contributed by atoms with Crippen LogP contribution >= 0.6 is 0 Å². The number of fused-ring (bicyclic) bond motifs is 4. The van der Waals surface area contributed by atoms with E-state index in [1.165, 1.54) is 81.5 Å². The minimum absolute atomic E-state index is 0. The van der Waals surface area contributed by atoms with E-state index < -0.39 is 16.1 Å². The fourth-order valence-corrected chi connectivity index (χ4v) is 12.9. The number of aromatic nitrogens is 2. The molecule has 0 amide bonds. The molecule has 1 aliphatic carbocycles. The van der Waals surface area contributed by atoms with Gasteiger partial charge < -0.3 is 19.8 Å². The second kappa shape index (κ2) is 19.7. The quantitative estimate of drug-likeness (QED) is 0.0956. The first-order chi connectivity index (χ1) is 30.1. The van der Waals surface area contributed by atoms with Gasteiger partial charge in [-0.25, -0.2) is 0 Å². The van der Waals surface area contributed by atoms with Gasteiger partial charge in [0.25, 0.3) is 0 Å². The third kappa shape index (κ3) is 9.94. The topological polar surface area (TPSA) is 35.2 Å². The SMILES string of the molecule is CCn1c2c[c-]c(C3[N-]c4ccccc4N3Cc3c(C(C)C)cccc3C(C)C)cc2c2cc([Si](C)(C)C)ccc21.C[Si](C)(C)c1cnc(-c2[c-]cccc2)cc1CC1CCCC1.[Ir+3]. The van der Waals surface area contributed by atoms with E-state index in [9.17, 15) is 0 Å². The number of benzene rings is 5. The van der Waals surface area contributed by atoms with Crippen molar-refractivity contribution >= 4 is 59.7 Å². The summed E-state index contributed by atoms with van der Waals surface area (Å²) in [6.07, 6.45) is 8.92. The van der Waals surface area contributed by atoms with Gasteiger partial charge in [-0.2, -0.15) is 23.8 Å². The molecular weight excluding hydrogens is 989 g/mol. The van der Waals surface area contributed by atoms with Crippen molar-refractivity contribution < 1.29 is 20.1 Å². The molecule has 3 heterocycles. The first-order valence-corrected chi connectivity index (χ1v) is 30.7. The van der Waals surface area contributed by atoms with Crippen LogP contribution in [0.1, 0.15) is 106 Å². The minimum Gasteiger partial charge on any atom is -0.661 e. The normalized spacial score (nSPS) is 15.4. The van der Waals surface area contributed by atoms with E-state index in [4.69, 9.17) is 10.3 Å². The van der Waals surface area contributed by atoms with E-state index in [0.717, 1.165) is 41.5 Å². The number of anilines is 1. The third-order valence-electron chi connectivity index (χ3n) is 13.6. The number of hydrogen-bond donors (Lipinski definition) is 0. The maximum atomic E-state index is 5.31. The van der Waals surface area contributed by atoms with Crippen molar-refractivity contribution in [3.8, 4) is 11.3 Å². The van der Waals surface area contributed by atoms with Crippen molar-refractivity contribution in [3.05, 3.63) is 155 Å². The summed E-state index contributed by atoms with van der Waals surface area (Å²) in [5, 5.41) is 11.0. The summed E-state index contributed by atoms with van der Waals surface area (Å²) in [6.45, 7) is 27.8. The molecule has 0 bridgehead atoms. The predicted molar refractivity (Wildman–Crippen MR) is 277 cm³/mol. The molecule has 1 aliphatic heterocycles. The van der Waals surface area contributed by atoms with Crippen molar-refractivity contribution in [1.82, 2.24) is 9.55 Å². The Balaban J connectivity index is 0.000000225. The average molecular weight is 1060 g/mol. The van der Waals surface area contributed by atoms with Gasteiger partial charge in [-0.1, -0.05) is 164 Å². The van der Waals surface area contributed by atoms with Gasteiger partial charge in [0, 0.05) is 30.5 Å². The molecule has 64 heavy (non-hydrogen) atoms. The first-order valence-electron chi connectivity index (χ1n) is 23.7.